The molecule has 3 aliphatic rings. The van der Waals surface area contributed by atoms with Crippen molar-refractivity contribution in [1.82, 2.24) is 10.2 Å². The predicted molar refractivity (Wildman–Crippen MR) is 96.5 cm³/mol. The van der Waals surface area contributed by atoms with Crippen molar-refractivity contribution in [2.45, 2.75) is 44.4 Å². The Labute approximate surface area is 173 Å². The van der Waals surface area contributed by atoms with Crippen LogP contribution in [0.5, 0.6) is 11.5 Å². The number of likely N-dealkylation sites (tertiary alicyclic amines) is 1. The standard InChI is InChI=1S/C18H26N2O2.Al.Li.4H/c1-13-3-5-15(19-12-13)14-4-6-16-17(11-14)22-18(21-16)7-9-20(2)10-8-18;;;;;;/h4,6,11,13,15,19H,3,5,7-10,12H2,1-2H3;;;;;;/q;+3;+1;4*-1/t13-,15+;;;;;;/m0....../s1. The van der Waals surface area contributed by atoms with Gasteiger partial charge in [0.15, 0.2) is 11.5 Å². The molecule has 6 heteroatoms. The van der Waals surface area contributed by atoms with Gasteiger partial charge in [-0.3, -0.25) is 0 Å². The van der Waals surface area contributed by atoms with Crippen molar-refractivity contribution in [3.63, 3.8) is 0 Å². The predicted octanol–water partition coefficient (Wildman–Crippen LogP) is 0.0135. The zero-order valence-electron chi connectivity index (χ0n) is 19.2. The van der Waals surface area contributed by atoms with Gasteiger partial charge in [0.1, 0.15) is 0 Å². The molecule has 0 radical (unpaired) electrons. The van der Waals surface area contributed by atoms with Crippen molar-refractivity contribution >= 4 is 17.4 Å². The van der Waals surface area contributed by atoms with Gasteiger partial charge in [0.2, 0.25) is 0 Å². The Bertz CT molecular complexity index is 573. The Morgan fingerprint density at radius 2 is 1.88 bits per heavy atom. The van der Waals surface area contributed by atoms with Crippen molar-refractivity contribution in [2.24, 2.45) is 5.92 Å². The van der Waals surface area contributed by atoms with Gasteiger partial charge < -0.3 is 25.4 Å². The van der Waals surface area contributed by atoms with Crippen molar-refractivity contribution in [3.05, 3.63) is 23.8 Å². The topological polar surface area (TPSA) is 33.7 Å². The second-order valence-electron chi connectivity index (χ2n) is 7.27. The van der Waals surface area contributed by atoms with Crippen LogP contribution >= 0.6 is 0 Å². The van der Waals surface area contributed by atoms with Crippen LogP contribution in [0.4, 0.5) is 0 Å². The molecule has 2 saturated heterocycles. The summed E-state index contributed by atoms with van der Waals surface area (Å²) in [5, 5.41) is 3.65. The zero-order chi connectivity index (χ0) is 15.2. The SMILES string of the molecule is C[C@H]1CC[C@H](c2ccc3c(c2)OC2(CCN(C)CC2)O3)NC1.[Al+3].[H-].[H-].[H-].[H-].[Li+]. The van der Waals surface area contributed by atoms with Gasteiger partial charge in [-0.05, 0) is 50.0 Å². The fraction of sp³-hybridized carbons (Fsp3) is 0.667. The molecule has 128 valence electrons. The van der Waals surface area contributed by atoms with Crippen LogP contribution in [0.2, 0.25) is 0 Å². The van der Waals surface area contributed by atoms with Gasteiger partial charge >= 0.3 is 36.2 Å². The first-order valence-electron chi connectivity index (χ1n) is 8.57. The number of rotatable bonds is 1. The second-order valence-corrected chi connectivity index (χ2v) is 7.27. The summed E-state index contributed by atoms with van der Waals surface area (Å²) in [5.74, 6) is 2.22. The maximum absolute atomic E-state index is 6.26. The quantitative estimate of drug-likeness (QED) is 0.731. The van der Waals surface area contributed by atoms with Crippen molar-refractivity contribution in [1.29, 1.82) is 0 Å². The Balaban J connectivity index is -0.00000104. The first-order valence-corrected chi connectivity index (χ1v) is 8.57. The first kappa shape index (κ1) is 20.2. The van der Waals surface area contributed by atoms with E-state index in [0.29, 0.717) is 6.04 Å². The number of piperidine rings is 2. The van der Waals surface area contributed by atoms with Gasteiger partial charge in [-0.1, -0.05) is 13.0 Å². The van der Waals surface area contributed by atoms with E-state index >= 15 is 0 Å². The van der Waals surface area contributed by atoms with Crippen molar-refractivity contribution < 1.29 is 34.0 Å². The largest absolute Gasteiger partial charge is 3.00 e. The molecule has 0 amide bonds. The molecule has 3 heterocycles. The van der Waals surface area contributed by atoms with E-state index in [9.17, 15) is 0 Å². The van der Waals surface area contributed by atoms with E-state index < -0.39 is 5.79 Å². The van der Waals surface area contributed by atoms with Crippen LogP contribution in [-0.4, -0.2) is 54.7 Å². The van der Waals surface area contributed by atoms with Gasteiger partial charge in [-0.15, -0.1) is 0 Å². The molecule has 0 aromatic heterocycles. The summed E-state index contributed by atoms with van der Waals surface area (Å²) in [5.41, 5.74) is 1.33. The van der Waals surface area contributed by atoms with Crippen LogP contribution in [0.15, 0.2) is 18.2 Å². The van der Waals surface area contributed by atoms with E-state index in [2.05, 4.69) is 42.4 Å². The van der Waals surface area contributed by atoms with Crippen molar-refractivity contribution in [2.75, 3.05) is 26.7 Å². The summed E-state index contributed by atoms with van der Waals surface area (Å²) in [6.45, 7) is 5.48. The summed E-state index contributed by atoms with van der Waals surface area (Å²) < 4.78 is 12.4. The molecule has 0 aliphatic carbocycles. The third-order valence-electron chi connectivity index (χ3n) is 5.37. The summed E-state index contributed by atoms with van der Waals surface area (Å²) in [4.78, 5) is 2.33. The molecule has 2 atom stereocenters. The van der Waals surface area contributed by atoms with Crippen LogP contribution in [0.25, 0.3) is 0 Å². The summed E-state index contributed by atoms with van der Waals surface area (Å²) in [7, 11) is 2.16. The number of hydrogen-bond donors (Lipinski definition) is 1. The molecule has 0 saturated carbocycles. The average molecular weight is 340 g/mol. The van der Waals surface area contributed by atoms with Crippen LogP contribution in [-0.2, 0) is 0 Å². The molecular weight excluding hydrogens is 310 g/mol. The normalized spacial score (nSPS) is 28.1. The monoisotopic (exact) mass is 340 g/mol. The van der Waals surface area contributed by atoms with E-state index in [-0.39, 0.29) is 41.9 Å². The van der Waals surface area contributed by atoms with Crippen LogP contribution in [0.3, 0.4) is 0 Å². The molecule has 2 fully saturated rings. The maximum Gasteiger partial charge on any atom is 3.00 e. The molecule has 1 aromatic rings. The number of nitrogens with one attached hydrogen (secondary N) is 1. The number of benzene rings is 1. The molecule has 0 bridgehead atoms. The number of hydrogen-bond acceptors (Lipinski definition) is 4. The first-order chi connectivity index (χ1) is 10.6. The number of nitrogens with zero attached hydrogens (tertiary/aromatic N) is 1. The van der Waals surface area contributed by atoms with E-state index in [4.69, 9.17) is 9.47 Å². The molecule has 4 nitrogen and oxygen atoms in total. The van der Waals surface area contributed by atoms with Gasteiger partial charge in [-0.2, -0.15) is 0 Å². The van der Waals surface area contributed by atoms with Gasteiger partial charge in [0.05, 0.1) is 0 Å². The third-order valence-corrected chi connectivity index (χ3v) is 5.37. The molecule has 24 heavy (non-hydrogen) atoms. The Morgan fingerprint density at radius 3 is 2.54 bits per heavy atom. The molecule has 3 aliphatic heterocycles. The molecule has 1 aromatic carbocycles. The van der Waals surface area contributed by atoms with Crippen molar-refractivity contribution in [3.8, 4) is 11.5 Å². The molecule has 1 N–H and O–H groups in total. The molecule has 0 unspecified atom stereocenters. The second kappa shape index (κ2) is 8.05. The summed E-state index contributed by atoms with van der Waals surface area (Å²) in [6.07, 6.45) is 4.37. The number of ether oxygens (including phenoxy) is 2. The minimum atomic E-state index is -0.415. The Kier molecular flexibility index (Phi) is 6.77. The van der Waals surface area contributed by atoms with Gasteiger partial charge in [-0.25, -0.2) is 0 Å². The molecular formula is C18H30AlLiN2O2. The maximum atomic E-state index is 6.26. The summed E-state index contributed by atoms with van der Waals surface area (Å²) in [6, 6.07) is 6.94. The Hall–Kier alpha value is -0.130. The smallest absolute Gasteiger partial charge is 1.00 e. The fourth-order valence-electron chi connectivity index (χ4n) is 3.77. The molecule has 1 spiro atoms. The third kappa shape index (κ3) is 3.99. The average Bonchev–Trinajstić information content (AvgIpc) is 2.88. The Morgan fingerprint density at radius 1 is 1.17 bits per heavy atom. The zero-order valence-corrected chi connectivity index (χ0v) is 16.3. The summed E-state index contributed by atoms with van der Waals surface area (Å²) >= 11 is 0. The fourth-order valence-corrected chi connectivity index (χ4v) is 3.77. The molecule has 4 rings (SSSR count). The van der Waals surface area contributed by atoms with Gasteiger partial charge in [0.25, 0.3) is 5.79 Å². The minimum Gasteiger partial charge on any atom is -1.00 e. The van der Waals surface area contributed by atoms with E-state index in [1.54, 1.807) is 0 Å². The van der Waals surface area contributed by atoms with E-state index in [0.717, 1.165) is 49.9 Å². The van der Waals surface area contributed by atoms with E-state index in [1.165, 1.54) is 18.4 Å². The van der Waals surface area contributed by atoms with Crippen LogP contribution in [0.1, 0.15) is 49.9 Å². The van der Waals surface area contributed by atoms with Crippen LogP contribution in [0, 0.1) is 5.92 Å². The van der Waals surface area contributed by atoms with E-state index in [1.807, 2.05) is 0 Å². The van der Waals surface area contributed by atoms with Crippen LogP contribution < -0.4 is 33.7 Å². The number of fused-ring (bicyclic) bond motifs is 1. The van der Waals surface area contributed by atoms with Gasteiger partial charge in [0, 0.05) is 32.0 Å². The minimum absolute atomic E-state index is 0.